The van der Waals surface area contributed by atoms with Gasteiger partial charge in [0.1, 0.15) is 6.61 Å². The Balaban J connectivity index is 2.62. The minimum absolute atomic E-state index is 0.448. The smallest absolute Gasteiger partial charge is 0.156 e. The van der Waals surface area contributed by atoms with Crippen LogP contribution in [0.5, 0.6) is 5.75 Å². The summed E-state index contributed by atoms with van der Waals surface area (Å²) < 4.78 is 5.38. The fraction of sp³-hybridized carbons (Fsp3) is 0.200. The quantitative estimate of drug-likeness (QED) is 0.629. The molecule has 0 aromatic heterocycles. The summed E-state index contributed by atoms with van der Waals surface area (Å²) in [6.45, 7) is 0.448. The Morgan fingerprint density at radius 3 is 2.43 bits per heavy atom. The fourth-order valence-electron chi connectivity index (χ4n) is 0.894. The number of hydrogen-bond donors (Lipinski definition) is 1. The Morgan fingerprint density at radius 1 is 1.21 bits per heavy atom. The highest BCUT2D eigenvalue weighted by Crippen LogP contribution is 2.32. The first-order valence-electron chi connectivity index (χ1n) is 4.08. The lowest BCUT2D eigenvalue weighted by Gasteiger charge is -2.06. The molecule has 0 amide bonds. The minimum atomic E-state index is 0.448. The predicted octanol–water partition coefficient (Wildman–Crippen LogP) is 3.86. The molecule has 1 rings (SSSR count). The first-order chi connectivity index (χ1) is 6.75. The molecule has 0 bridgehead atoms. The second-order valence-electron chi connectivity index (χ2n) is 2.52. The number of hydrogen-bond acceptors (Lipinski definition) is 2. The fourth-order valence-corrected chi connectivity index (χ4v) is 1.55. The molecule has 0 aliphatic carbocycles. The zero-order chi connectivity index (χ0) is 10.4. The molecule has 1 nitrogen and oxygen atoms in total. The molecule has 0 atom stereocenters. The number of para-hydroxylation sites is 1. The number of rotatable bonds is 4. The van der Waals surface area contributed by atoms with Crippen LogP contribution in [0.1, 0.15) is 0 Å². The van der Waals surface area contributed by atoms with E-state index in [1.807, 2.05) is 12.2 Å². The molecule has 0 N–H and O–H groups in total. The molecule has 0 spiro atoms. The highest BCUT2D eigenvalue weighted by atomic mass is 35.5. The lowest BCUT2D eigenvalue weighted by Crippen LogP contribution is -1.94. The molecule has 1 aromatic carbocycles. The normalized spacial score (nSPS) is 10.8. The number of thiol groups is 1. The lowest BCUT2D eigenvalue weighted by molar-refractivity contribution is 0.363. The van der Waals surface area contributed by atoms with E-state index in [-0.39, 0.29) is 0 Å². The molecule has 0 unspecified atom stereocenters. The maximum atomic E-state index is 5.89. The van der Waals surface area contributed by atoms with Gasteiger partial charge in [0.15, 0.2) is 5.75 Å². The van der Waals surface area contributed by atoms with Crippen LogP contribution in [0.2, 0.25) is 10.0 Å². The lowest BCUT2D eigenvalue weighted by atomic mass is 10.3. The first kappa shape index (κ1) is 11.8. The van der Waals surface area contributed by atoms with Gasteiger partial charge in [-0.25, -0.2) is 0 Å². The van der Waals surface area contributed by atoms with Crippen molar-refractivity contribution in [1.82, 2.24) is 0 Å². The summed E-state index contributed by atoms with van der Waals surface area (Å²) in [7, 11) is 0. The standard InChI is InChI=1S/C10H10Cl2OS/c11-8-4-3-5-9(12)10(8)13-6-1-2-7-14/h1-5,14H,6-7H2. The molecule has 0 fully saturated rings. The van der Waals surface area contributed by atoms with Crippen LogP contribution in [-0.2, 0) is 0 Å². The van der Waals surface area contributed by atoms with E-state index >= 15 is 0 Å². The predicted molar refractivity (Wildman–Crippen MR) is 65.0 cm³/mol. The second-order valence-corrected chi connectivity index (χ2v) is 3.70. The van der Waals surface area contributed by atoms with E-state index in [2.05, 4.69) is 12.6 Å². The van der Waals surface area contributed by atoms with Crippen LogP contribution in [0.25, 0.3) is 0 Å². The molecule has 0 saturated heterocycles. The summed E-state index contributed by atoms with van der Waals surface area (Å²) >= 11 is 15.8. The molecule has 0 radical (unpaired) electrons. The molecular weight excluding hydrogens is 239 g/mol. The van der Waals surface area contributed by atoms with Crippen molar-refractivity contribution >= 4 is 35.8 Å². The third-order valence-electron chi connectivity index (χ3n) is 1.51. The van der Waals surface area contributed by atoms with Gasteiger partial charge in [0, 0.05) is 5.75 Å². The van der Waals surface area contributed by atoms with Gasteiger partial charge < -0.3 is 4.74 Å². The van der Waals surface area contributed by atoms with E-state index in [9.17, 15) is 0 Å². The summed E-state index contributed by atoms with van der Waals surface area (Å²) in [5, 5.41) is 1.05. The molecule has 4 heteroatoms. The Kier molecular flexibility index (Phi) is 5.23. The molecule has 76 valence electrons. The van der Waals surface area contributed by atoms with Crippen molar-refractivity contribution in [3.8, 4) is 5.75 Å². The average Bonchev–Trinajstić information content (AvgIpc) is 2.16. The largest absolute Gasteiger partial charge is 0.486 e. The maximum absolute atomic E-state index is 5.89. The van der Waals surface area contributed by atoms with Gasteiger partial charge in [0.25, 0.3) is 0 Å². The van der Waals surface area contributed by atoms with E-state index < -0.39 is 0 Å². The van der Waals surface area contributed by atoms with Gasteiger partial charge in [-0.1, -0.05) is 41.4 Å². The number of benzene rings is 1. The molecule has 0 heterocycles. The van der Waals surface area contributed by atoms with Crippen LogP contribution in [0.4, 0.5) is 0 Å². The summed E-state index contributed by atoms with van der Waals surface area (Å²) in [6.07, 6.45) is 3.76. The molecule has 14 heavy (non-hydrogen) atoms. The molecule has 0 aliphatic heterocycles. The Bertz CT molecular complexity index is 306. The van der Waals surface area contributed by atoms with Crippen LogP contribution in [-0.4, -0.2) is 12.4 Å². The van der Waals surface area contributed by atoms with Crippen LogP contribution in [0.15, 0.2) is 30.4 Å². The Labute approximate surface area is 99.1 Å². The minimum Gasteiger partial charge on any atom is -0.486 e. The SMILES string of the molecule is SCC=CCOc1c(Cl)cccc1Cl. The highest BCUT2D eigenvalue weighted by molar-refractivity contribution is 7.80. The summed E-state index contributed by atoms with van der Waals surface area (Å²) in [6, 6.07) is 5.26. The number of halogens is 2. The first-order valence-corrected chi connectivity index (χ1v) is 5.47. The van der Waals surface area contributed by atoms with Crippen molar-refractivity contribution in [2.24, 2.45) is 0 Å². The van der Waals surface area contributed by atoms with Crippen molar-refractivity contribution in [2.75, 3.05) is 12.4 Å². The molecule has 0 saturated carbocycles. The topological polar surface area (TPSA) is 9.23 Å². The zero-order valence-corrected chi connectivity index (χ0v) is 9.82. The summed E-state index contributed by atoms with van der Waals surface area (Å²) in [4.78, 5) is 0. The van der Waals surface area contributed by atoms with Crippen molar-refractivity contribution < 1.29 is 4.74 Å². The van der Waals surface area contributed by atoms with Crippen molar-refractivity contribution in [2.45, 2.75) is 0 Å². The second kappa shape index (κ2) is 6.23. The average molecular weight is 249 g/mol. The molecule has 0 aliphatic rings. The van der Waals surface area contributed by atoms with Gasteiger partial charge in [0.2, 0.25) is 0 Å². The van der Waals surface area contributed by atoms with Crippen LogP contribution < -0.4 is 4.74 Å². The van der Waals surface area contributed by atoms with Crippen molar-refractivity contribution in [3.63, 3.8) is 0 Å². The third kappa shape index (κ3) is 3.45. The van der Waals surface area contributed by atoms with E-state index in [4.69, 9.17) is 27.9 Å². The monoisotopic (exact) mass is 248 g/mol. The van der Waals surface area contributed by atoms with Crippen molar-refractivity contribution in [3.05, 3.63) is 40.4 Å². The van der Waals surface area contributed by atoms with E-state index in [1.165, 1.54) is 0 Å². The summed E-state index contributed by atoms with van der Waals surface area (Å²) in [5.74, 6) is 1.22. The Hall–Kier alpha value is -0.310. The maximum Gasteiger partial charge on any atom is 0.156 e. The van der Waals surface area contributed by atoms with E-state index in [1.54, 1.807) is 18.2 Å². The van der Waals surface area contributed by atoms with E-state index in [0.29, 0.717) is 28.2 Å². The summed E-state index contributed by atoms with van der Waals surface area (Å²) in [5.41, 5.74) is 0. The van der Waals surface area contributed by atoms with Gasteiger partial charge in [-0.3, -0.25) is 0 Å². The Morgan fingerprint density at radius 2 is 1.86 bits per heavy atom. The van der Waals surface area contributed by atoms with E-state index in [0.717, 1.165) is 0 Å². The zero-order valence-electron chi connectivity index (χ0n) is 7.41. The van der Waals surface area contributed by atoms with Crippen LogP contribution in [0.3, 0.4) is 0 Å². The van der Waals surface area contributed by atoms with Gasteiger partial charge >= 0.3 is 0 Å². The number of ether oxygens (including phenoxy) is 1. The van der Waals surface area contributed by atoms with Gasteiger partial charge in [-0.2, -0.15) is 12.6 Å². The van der Waals surface area contributed by atoms with Crippen molar-refractivity contribution in [1.29, 1.82) is 0 Å². The highest BCUT2D eigenvalue weighted by Gasteiger charge is 2.04. The van der Waals surface area contributed by atoms with Crippen LogP contribution >= 0.6 is 35.8 Å². The third-order valence-corrected chi connectivity index (χ3v) is 2.32. The molecule has 1 aromatic rings. The van der Waals surface area contributed by atoms with Crippen LogP contribution in [0, 0.1) is 0 Å². The molecular formula is C10H10Cl2OS. The van der Waals surface area contributed by atoms with Gasteiger partial charge in [-0.15, -0.1) is 0 Å². The van der Waals surface area contributed by atoms with Gasteiger partial charge in [-0.05, 0) is 12.1 Å². The van der Waals surface area contributed by atoms with Gasteiger partial charge in [0.05, 0.1) is 10.0 Å².